The van der Waals surface area contributed by atoms with Crippen molar-refractivity contribution >= 4 is 11.9 Å². The number of quaternary nitrogens is 1. The molecule has 0 fully saturated rings. The van der Waals surface area contributed by atoms with Gasteiger partial charge < -0.3 is 14.3 Å². The van der Waals surface area contributed by atoms with Crippen molar-refractivity contribution < 1.29 is 23.9 Å². The molecule has 1 N–H and O–H groups in total. The van der Waals surface area contributed by atoms with Gasteiger partial charge in [0, 0.05) is 12.3 Å². The molecule has 0 spiro atoms. The first-order valence-electron chi connectivity index (χ1n) is 6.01. The number of nitrogens with zero attached hydrogens (tertiary/aromatic N) is 1. The van der Waals surface area contributed by atoms with Crippen LogP contribution in [0.15, 0.2) is 0 Å². The number of carbonyl (C=O) groups is 2. The quantitative estimate of drug-likeness (QED) is 0.601. The molecule has 1 unspecified atom stereocenters. The summed E-state index contributed by atoms with van der Waals surface area (Å²) in [4.78, 5) is 22.5. The van der Waals surface area contributed by atoms with E-state index in [0.717, 1.165) is 0 Å². The molecule has 106 valence electrons. The van der Waals surface area contributed by atoms with Gasteiger partial charge in [-0.05, 0) is 0 Å². The number of carboxylic acid groups (broad SMARTS) is 1. The van der Waals surface area contributed by atoms with Crippen LogP contribution in [0.1, 0.15) is 34.1 Å². The van der Waals surface area contributed by atoms with E-state index in [9.17, 15) is 9.59 Å². The average Bonchev–Trinajstić information content (AvgIpc) is 1.93. The van der Waals surface area contributed by atoms with Crippen molar-refractivity contribution in [2.24, 2.45) is 5.41 Å². The molecule has 0 saturated carbocycles. The Hall–Kier alpha value is -1.10. The molecule has 0 saturated heterocycles. The Labute approximate surface area is 109 Å². The van der Waals surface area contributed by atoms with Gasteiger partial charge in [-0.1, -0.05) is 20.8 Å². The minimum Gasteiger partial charge on any atom is -0.481 e. The van der Waals surface area contributed by atoms with E-state index >= 15 is 0 Å². The predicted molar refractivity (Wildman–Crippen MR) is 69.1 cm³/mol. The molecule has 18 heavy (non-hydrogen) atoms. The number of hydrogen-bond acceptors (Lipinski definition) is 3. The molecule has 0 radical (unpaired) electrons. The van der Waals surface area contributed by atoms with E-state index in [1.807, 2.05) is 41.9 Å². The normalized spacial score (nSPS) is 15.9. The van der Waals surface area contributed by atoms with Crippen molar-refractivity contribution in [1.82, 2.24) is 0 Å². The van der Waals surface area contributed by atoms with Crippen LogP contribution in [-0.2, 0) is 14.3 Å². The highest BCUT2D eigenvalue weighted by Crippen LogP contribution is 2.38. The summed E-state index contributed by atoms with van der Waals surface area (Å²) in [6.07, 6.45) is -0.189. The van der Waals surface area contributed by atoms with Gasteiger partial charge in [-0.3, -0.25) is 9.59 Å². The summed E-state index contributed by atoms with van der Waals surface area (Å²) in [6, 6.07) is 0. The maximum atomic E-state index is 11.4. The number of aliphatic carboxylic acids is 1. The van der Waals surface area contributed by atoms with Crippen LogP contribution >= 0.6 is 0 Å². The van der Waals surface area contributed by atoms with Gasteiger partial charge in [-0.15, -0.1) is 0 Å². The molecule has 0 rings (SSSR count). The second-order valence-electron chi connectivity index (χ2n) is 6.86. The Morgan fingerprint density at radius 1 is 1.17 bits per heavy atom. The fraction of sp³-hybridized carbons (Fsp3) is 0.846. The van der Waals surface area contributed by atoms with Crippen molar-refractivity contribution in [3.05, 3.63) is 0 Å². The lowest BCUT2D eigenvalue weighted by Gasteiger charge is -2.45. The highest BCUT2D eigenvalue weighted by molar-refractivity contribution is 5.71. The topological polar surface area (TPSA) is 63.6 Å². The van der Waals surface area contributed by atoms with Gasteiger partial charge >= 0.3 is 11.9 Å². The molecule has 0 aliphatic heterocycles. The lowest BCUT2D eigenvalue weighted by atomic mass is 9.73. The summed E-state index contributed by atoms with van der Waals surface area (Å²) < 4.78 is 5.98. The van der Waals surface area contributed by atoms with Gasteiger partial charge in [0.15, 0.2) is 5.60 Å². The van der Waals surface area contributed by atoms with Crippen LogP contribution in [0.3, 0.4) is 0 Å². The number of ether oxygens (including phenoxy) is 1. The zero-order valence-electron chi connectivity index (χ0n) is 12.5. The largest absolute Gasteiger partial charge is 0.481 e. The molecule has 1 atom stereocenters. The van der Waals surface area contributed by atoms with E-state index in [-0.39, 0.29) is 6.42 Å². The smallest absolute Gasteiger partial charge is 0.307 e. The second kappa shape index (κ2) is 5.26. The van der Waals surface area contributed by atoms with Crippen molar-refractivity contribution in [3.8, 4) is 0 Å². The third kappa shape index (κ3) is 5.04. The number of hydrogen-bond donors (Lipinski definition) is 1. The maximum Gasteiger partial charge on any atom is 0.307 e. The lowest BCUT2D eigenvalue weighted by Crippen LogP contribution is -2.59. The van der Waals surface area contributed by atoms with Crippen LogP contribution in [0.2, 0.25) is 0 Å². The molecule has 0 aliphatic carbocycles. The van der Waals surface area contributed by atoms with Gasteiger partial charge in [0.2, 0.25) is 0 Å². The van der Waals surface area contributed by atoms with Gasteiger partial charge in [0.05, 0.1) is 27.6 Å². The number of esters is 1. The van der Waals surface area contributed by atoms with Crippen LogP contribution in [0.5, 0.6) is 0 Å². The summed E-state index contributed by atoms with van der Waals surface area (Å²) in [5.41, 5.74) is -1.47. The van der Waals surface area contributed by atoms with Crippen molar-refractivity contribution in [2.45, 2.75) is 39.7 Å². The molecule has 0 bridgehead atoms. The lowest BCUT2D eigenvalue weighted by molar-refractivity contribution is -0.878. The van der Waals surface area contributed by atoms with Gasteiger partial charge in [-0.2, -0.15) is 0 Å². The highest BCUT2D eigenvalue weighted by Gasteiger charge is 2.50. The molecule has 0 aromatic heterocycles. The van der Waals surface area contributed by atoms with Gasteiger partial charge in [0.25, 0.3) is 0 Å². The fourth-order valence-corrected chi connectivity index (χ4v) is 2.07. The molecular weight excluding hydrogens is 234 g/mol. The summed E-state index contributed by atoms with van der Waals surface area (Å²) >= 11 is 0. The Bertz CT molecular complexity index is 307. The van der Waals surface area contributed by atoms with E-state index in [1.165, 1.54) is 6.92 Å². The monoisotopic (exact) mass is 260 g/mol. The summed E-state index contributed by atoms with van der Waals surface area (Å²) in [5.74, 6) is -1.40. The number of carboxylic acids is 1. The first kappa shape index (κ1) is 16.9. The first-order chi connectivity index (χ1) is 7.79. The minimum absolute atomic E-state index is 0.189. The molecule has 0 amide bonds. The molecular formula is C13H26NO4+. The van der Waals surface area contributed by atoms with E-state index in [2.05, 4.69) is 0 Å². The second-order valence-corrected chi connectivity index (χ2v) is 6.86. The Morgan fingerprint density at radius 3 is 1.83 bits per heavy atom. The minimum atomic E-state index is -1.01. The molecule has 5 heteroatoms. The summed E-state index contributed by atoms with van der Waals surface area (Å²) in [7, 11) is 5.85. The Kier molecular flexibility index (Phi) is 4.94. The van der Waals surface area contributed by atoms with E-state index < -0.39 is 23.0 Å². The fourth-order valence-electron chi connectivity index (χ4n) is 2.07. The number of rotatable bonds is 5. The maximum absolute atomic E-state index is 11.4. The van der Waals surface area contributed by atoms with Gasteiger partial charge in [0.1, 0.15) is 6.54 Å². The SMILES string of the molecule is CC(=O)OC(CC(=O)O)(C[N+](C)(C)C)C(C)(C)C. The number of carbonyl (C=O) groups excluding carboxylic acids is 1. The molecule has 0 aliphatic rings. The zero-order chi connectivity index (χ0) is 14.8. The van der Waals surface area contributed by atoms with Gasteiger partial charge in [-0.25, -0.2) is 0 Å². The highest BCUT2D eigenvalue weighted by atomic mass is 16.6. The molecule has 5 nitrogen and oxygen atoms in total. The third-order valence-electron chi connectivity index (χ3n) is 2.87. The average molecular weight is 260 g/mol. The van der Waals surface area contributed by atoms with Crippen LogP contribution in [0.4, 0.5) is 0 Å². The Morgan fingerprint density at radius 2 is 1.61 bits per heavy atom. The summed E-state index contributed by atoms with van der Waals surface area (Å²) in [6.45, 7) is 7.46. The predicted octanol–water partition coefficient (Wildman–Crippen LogP) is 1.52. The molecule has 0 heterocycles. The van der Waals surface area contributed by atoms with E-state index in [0.29, 0.717) is 11.0 Å². The molecule has 0 aromatic rings. The third-order valence-corrected chi connectivity index (χ3v) is 2.87. The van der Waals surface area contributed by atoms with Crippen LogP contribution in [0.25, 0.3) is 0 Å². The van der Waals surface area contributed by atoms with Crippen LogP contribution < -0.4 is 0 Å². The van der Waals surface area contributed by atoms with E-state index in [1.54, 1.807) is 0 Å². The Balaban J connectivity index is 5.54. The zero-order valence-corrected chi connectivity index (χ0v) is 12.5. The number of likely N-dealkylation sites (N-methyl/N-ethyl adjacent to an activating group) is 1. The van der Waals surface area contributed by atoms with Crippen molar-refractivity contribution in [3.63, 3.8) is 0 Å². The standard InChI is InChI=1S/C13H25NO4/c1-10(15)18-13(8-11(16)17,12(2,3)4)9-14(5,6)7/h8-9H2,1-7H3/p+1. The van der Waals surface area contributed by atoms with Crippen molar-refractivity contribution in [1.29, 1.82) is 0 Å². The first-order valence-corrected chi connectivity index (χ1v) is 6.01. The molecule has 0 aromatic carbocycles. The van der Waals surface area contributed by atoms with Crippen molar-refractivity contribution in [2.75, 3.05) is 27.7 Å². The summed E-state index contributed by atoms with van der Waals surface area (Å²) in [5, 5.41) is 9.12. The van der Waals surface area contributed by atoms with Crippen LogP contribution in [0, 0.1) is 5.41 Å². The van der Waals surface area contributed by atoms with E-state index in [4.69, 9.17) is 9.84 Å². The van der Waals surface area contributed by atoms with Crippen LogP contribution in [-0.4, -0.2) is 54.8 Å².